The first kappa shape index (κ1) is 26.1. The van der Waals surface area contributed by atoms with E-state index in [1.165, 1.54) is 0 Å². The minimum Gasteiger partial charge on any atom is -0.460 e. The Labute approximate surface area is 204 Å². The molecule has 2 aromatic rings. The first-order valence-corrected chi connectivity index (χ1v) is 12.1. The number of carbonyl (C=O) groups excluding carboxylic acids is 2. The third-order valence-corrected chi connectivity index (χ3v) is 5.64. The second-order valence-corrected chi connectivity index (χ2v) is 9.44. The summed E-state index contributed by atoms with van der Waals surface area (Å²) in [5.41, 5.74) is 2.26. The van der Waals surface area contributed by atoms with Crippen molar-refractivity contribution < 1.29 is 19.1 Å². The van der Waals surface area contributed by atoms with Gasteiger partial charge in [0.05, 0.1) is 6.42 Å². The summed E-state index contributed by atoms with van der Waals surface area (Å²) in [7, 11) is 0. The van der Waals surface area contributed by atoms with E-state index < -0.39 is 23.6 Å². The van der Waals surface area contributed by atoms with E-state index in [0.717, 1.165) is 21.1 Å². The highest BCUT2D eigenvalue weighted by Gasteiger charge is 2.32. The summed E-state index contributed by atoms with van der Waals surface area (Å²) in [4.78, 5) is 27.8. The van der Waals surface area contributed by atoms with Gasteiger partial charge < -0.3 is 9.47 Å². The maximum absolute atomic E-state index is 13.2. The zero-order chi connectivity index (χ0) is 23.6. The van der Waals surface area contributed by atoms with Gasteiger partial charge in [-0.25, -0.2) is 0 Å². The Morgan fingerprint density at radius 3 is 2.09 bits per heavy atom. The third kappa shape index (κ3) is 9.53. The van der Waals surface area contributed by atoms with Crippen molar-refractivity contribution in [1.82, 2.24) is 4.90 Å². The summed E-state index contributed by atoms with van der Waals surface area (Å²) in [5.74, 6) is -0.880. The summed E-state index contributed by atoms with van der Waals surface area (Å²) in [6.45, 7) is 10.7. The average molecular weight is 549 g/mol. The lowest BCUT2D eigenvalue weighted by atomic mass is 10.1. The molecule has 5 nitrogen and oxygen atoms in total. The highest BCUT2D eigenvalue weighted by Crippen LogP contribution is 2.19. The molecule has 0 fully saturated rings. The van der Waals surface area contributed by atoms with Gasteiger partial charge in [0.15, 0.2) is 0 Å². The lowest BCUT2D eigenvalue weighted by Gasteiger charge is -2.31. The van der Waals surface area contributed by atoms with Crippen molar-refractivity contribution in [2.24, 2.45) is 0 Å². The van der Waals surface area contributed by atoms with Crippen LogP contribution in [0.2, 0.25) is 0 Å². The van der Waals surface area contributed by atoms with Crippen LogP contribution >= 0.6 is 22.6 Å². The van der Waals surface area contributed by atoms with Crippen molar-refractivity contribution in [3.8, 4) is 0 Å². The quantitative estimate of drug-likeness (QED) is 0.164. The van der Waals surface area contributed by atoms with Crippen molar-refractivity contribution in [3.63, 3.8) is 0 Å². The van der Waals surface area contributed by atoms with E-state index in [1.807, 2.05) is 86.3 Å². The molecule has 0 heterocycles. The van der Waals surface area contributed by atoms with Crippen LogP contribution in [0.15, 0.2) is 72.8 Å². The molecule has 2 rings (SSSR count). The minimum absolute atomic E-state index is 0.0910. The number of carbonyl (C=O) groups is 2. The van der Waals surface area contributed by atoms with Crippen LogP contribution in [0.1, 0.15) is 38.3 Å². The minimum atomic E-state index is -0.784. The summed E-state index contributed by atoms with van der Waals surface area (Å²) in [5, 5.41) is 0. The summed E-state index contributed by atoms with van der Waals surface area (Å²) in [6.07, 6.45) is -0.0910. The van der Waals surface area contributed by atoms with E-state index in [0.29, 0.717) is 13.1 Å². The molecule has 172 valence electrons. The van der Waals surface area contributed by atoms with Crippen LogP contribution in [-0.4, -0.2) is 39.5 Å². The van der Waals surface area contributed by atoms with E-state index >= 15 is 0 Å². The van der Waals surface area contributed by atoms with Crippen molar-refractivity contribution in [1.29, 1.82) is 0 Å². The largest absolute Gasteiger partial charge is 0.460 e. The number of halogens is 1. The number of ether oxygens (including phenoxy) is 2. The maximum Gasteiger partial charge on any atom is 0.324 e. The Kier molecular flexibility index (Phi) is 10.4. The number of rotatable bonds is 11. The summed E-state index contributed by atoms with van der Waals surface area (Å²) < 4.78 is 11.9. The Bertz CT molecular complexity index is 878. The Balaban J connectivity index is 2.26. The molecule has 1 atom stereocenters. The van der Waals surface area contributed by atoms with Gasteiger partial charge in [0, 0.05) is 17.5 Å². The van der Waals surface area contributed by atoms with Gasteiger partial charge in [-0.1, -0.05) is 95.4 Å². The van der Waals surface area contributed by atoms with Crippen LogP contribution in [0.5, 0.6) is 0 Å². The van der Waals surface area contributed by atoms with Crippen molar-refractivity contribution in [2.45, 2.75) is 52.0 Å². The smallest absolute Gasteiger partial charge is 0.324 e. The number of hydrogen-bond donors (Lipinski definition) is 0. The molecule has 0 saturated carbocycles. The molecule has 0 aliphatic carbocycles. The van der Waals surface area contributed by atoms with Gasteiger partial charge >= 0.3 is 11.9 Å². The molecule has 0 spiro atoms. The molecule has 0 radical (unpaired) electrons. The number of benzene rings is 2. The van der Waals surface area contributed by atoms with E-state index in [2.05, 4.69) is 29.2 Å². The first-order chi connectivity index (χ1) is 15.2. The zero-order valence-corrected chi connectivity index (χ0v) is 21.2. The standard InChI is InChI=1S/C26H32INO4/c1-20(16-27)17-28(18-21-11-7-5-8-12-21)23(15-24(29)32-26(2,3)4)25(30)31-19-22-13-9-6-10-14-22/h5-14,23H,1,15-19H2,2-4H3. The van der Waals surface area contributed by atoms with Crippen LogP contribution < -0.4 is 0 Å². The third-order valence-electron chi connectivity index (χ3n) is 4.56. The van der Waals surface area contributed by atoms with Crippen molar-refractivity contribution in [2.75, 3.05) is 11.0 Å². The Morgan fingerprint density at radius 2 is 1.56 bits per heavy atom. The number of nitrogens with zero attached hydrogens (tertiary/aromatic N) is 1. The molecule has 0 bridgehead atoms. The van der Waals surface area contributed by atoms with Gasteiger partial charge in [-0.2, -0.15) is 0 Å². The molecular weight excluding hydrogens is 517 g/mol. The van der Waals surface area contributed by atoms with Crippen LogP contribution in [-0.2, 0) is 32.2 Å². The fourth-order valence-electron chi connectivity index (χ4n) is 3.15. The maximum atomic E-state index is 13.2. The highest BCUT2D eigenvalue weighted by atomic mass is 127. The van der Waals surface area contributed by atoms with Crippen LogP contribution in [0.25, 0.3) is 0 Å². The van der Waals surface area contributed by atoms with Gasteiger partial charge in [-0.05, 0) is 31.9 Å². The number of hydrogen-bond acceptors (Lipinski definition) is 5. The molecule has 0 saturated heterocycles. The SMILES string of the molecule is C=C(CI)CN(Cc1ccccc1)C(CC(=O)OC(C)(C)C)C(=O)OCc1ccccc1. The molecule has 0 amide bonds. The molecule has 32 heavy (non-hydrogen) atoms. The van der Waals surface area contributed by atoms with Crippen LogP contribution in [0, 0.1) is 0 Å². The Morgan fingerprint density at radius 1 is 1.00 bits per heavy atom. The molecule has 2 aromatic carbocycles. The monoisotopic (exact) mass is 549 g/mol. The van der Waals surface area contributed by atoms with Gasteiger partial charge in [-0.15, -0.1) is 0 Å². The molecule has 6 heteroatoms. The van der Waals surface area contributed by atoms with Crippen molar-refractivity contribution in [3.05, 3.63) is 83.9 Å². The molecule has 0 aliphatic rings. The van der Waals surface area contributed by atoms with Crippen LogP contribution in [0.4, 0.5) is 0 Å². The fourth-order valence-corrected chi connectivity index (χ4v) is 3.39. The fraction of sp³-hybridized carbons (Fsp3) is 0.385. The first-order valence-electron chi connectivity index (χ1n) is 10.6. The molecule has 1 unspecified atom stereocenters. The van der Waals surface area contributed by atoms with Gasteiger partial charge in [0.25, 0.3) is 0 Å². The van der Waals surface area contributed by atoms with E-state index in [9.17, 15) is 9.59 Å². The predicted octanol–water partition coefficient (Wildman–Crippen LogP) is 5.32. The number of alkyl halides is 1. The van der Waals surface area contributed by atoms with Gasteiger partial charge in [-0.3, -0.25) is 14.5 Å². The summed E-state index contributed by atoms with van der Waals surface area (Å²) in [6, 6.07) is 18.6. The predicted molar refractivity (Wildman–Crippen MR) is 135 cm³/mol. The van der Waals surface area contributed by atoms with E-state index in [1.54, 1.807) is 0 Å². The molecular formula is C26H32INO4. The zero-order valence-electron chi connectivity index (χ0n) is 19.1. The Hall–Kier alpha value is -2.19. The molecule has 0 aliphatic heterocycles. The highest BCUT2D eigenvalue weighted by molar-refractivity contribution is 14.1. The molecule has 0 N–H and O–H groups in total. The van der Waals surface area contributed by atoms with E-state index in [-0.39, 0.29) is 13.0 Å². The average Bonchev–Trinajstić information content (AvgIpc) is 2.75. The normalized spacial score (nSPS) is 12.3. The van der Waals surface area contributed by atoms with Crippen molar-refractivity contribution >= 4 is 34.5 Å². The topological polar surface area (TPSA) is 55.8 Å². The lowest BCUT2D eigenvalue weighted by molar-refractivity contribution is -0.163. The van der Waals surface area contributed by atoms with Gasteiger partial charge in [0.1, 0.15) is 18.2 Å². The second-order valence-electron chi connectivity index (χ2n) is 8.67. The van der Waals surface area contributed by atoms with Gasteiger partial charge in [0.2, 0.25) is 0 Å². The van der Waals surface area contributed by atoms with Crippen LogP contribution in [0.3, 0.4) is 0 Å². The number of esters is 2. The summed E-state index contributed by atoms with van der Waals surface area (Å²) >= 11 is 2.25. The lowest BCUT2D eigenvalue weighted by Crippen LogP contribution is -2.45. The second kappa shape index (κ2) is 12.7. The molecule has 0 aromatic heterocycles. The van der Waals surface area contributed by atoms with E-state index in [4.69, 9.17) is 9.47 Å².